The number of benzene rings is 2. The summed E-state index contributed by atoms with van der Waals surface area (Å²) >= 11 is 0. The normalized spacial score (nSPS) is 12.4. The van der Waals surface area contributed by atoms with E-state index in [0.29, 0.717) is 0 Å². The van der Waals surface area contributed by atoms with E-state index in [-0.39, 0.29) is 17.9 Å². The molecule has 2 aromatic rings. The van der Waals surface area contributed by atoms with E-state index >= 15 is 0 Å². The van der Waals surface area contributed by atoms with E-state index in [4.69, 9.17) is 9.47 Å². The van der Waals surface area contributed by atoms with Crippen molar-refractivity contribution in [1.29, 1.82) is 0 Å². The van der Waals surface area contributed by atoms with Crippen molar-refractivity contribution in [3.63, 3.8) is 0 Å². The third-order valence-corrected chi connectivity index (χ3v) is 4.46. The highest BCUT2D eigenvalue weighted by Crippen LogP contribution is 2.22. The van der Waals surface area contributed by atoms with Gasteiger partial charge < -0.3 is 14.8 Å². The molecular weight excluding hydrogens is 366 g/mol. The molecular formula is C24H29NO4. The molecule has 0 aliphatic carbocycles. The molecule has 0 aromatic heterocycles. The first-order valence-electron chi connectivity index (χ1n) is 9.58. The van der Waals surface area contributed by atoms with Gasteiger partial charge in [-0.05, 0) is 47.2 Å². The van der Waals surface area contributed by atoms with Crippen LogP contribution in [0.3, 0.4) is 0 Å². The molecule has 2 aromatic carbocycles. The molecule has 1 N–H and O–H groups in total. The number of hydrogen-bond acceptors (Lipinski definition) is 4. The summed E-state index contributed by atoms with van der Waals surface area (Å²) in [7, 11) is 1.60. The molecule has 0 spiro atoms. The number of nitrogens with one attached hydrogen (secondary N) is 1. The van der Waals surface area contributed by atoms with Crippen LogP contribution in [0.1, 0.15) is 44.4 Å². The molecule has 2 rings (SSSR count). The fourth-order valence-electron chi connectivity index (χ4n) is 2.59. The fourth-order valence-corrected chi connectivity index (χ4v) is 2.59. The van der Waals surface area contributed by atoms with Crippen LogP contribution < -0.4 is 10.1 Å². The Hall–Kier alpha value is -3.08. The van der Waals surface area contributed by atoms with E-state index < -0.39 is 12.0 Å². The van der Waals surface area contributed by atoms with Crippen molar-refractivity contribution in [3.05, 3.63) is 71.3 Å². The molecule has 0 aliphatic heterocycles. The first kappa shape index (κ1) is 22.2. The maximum absolute atomic E-state index is 12.1. The van der Waals surface area contributed by atoms with Gasteiger partial charge in [0.05, 0.1) is 7.11 Å². The van der Waals surface area contributed by atoms with Crippen LogP contribution in [0.2, 0.25) is 0 Å². The Labute approximate surface area is 172 Å². The number of ether oxygens (including phenoxy) is 2. The van der Waals surface area contributed by atoms with E-state index in [1.807, 2.05) is 48.5 Å². The minimum absolute atomic E-state index is 0.0767. The number of amides is 1. The van der Waals surface area contributed by atoms with Gasteiger partial charge in [-0.3, -0.25) is 4.79 Å². The van der Waals surface area contributed by atoms with Crippen molar-refractivity contribution in [2.45, 2.75) is 45.8 Å². The lowest BCUT2D eigenvalue weighted by molar-refractivity contribution is -0.148. The molecule has 1 amide bonds. The van der Waals surface area contributed by atoms with E-state index in [1.165, 1.54) is 11.6 Å². The number of hydrogen-bond donors (Lipinski definition) is 1. The molecule has 0 saturated carbocycles. The first-order chi connectivity index (χ1) is 13.7. The Bertz CT molecular complexity index is 846. The van der Waals surface area contributed by atoms with Gasteiger partial charge in [0, 0.05) is 6.08 Å². The van der Waals surface area contributed by atoms with Crippen LogP contribution in [0.4, 0.5) is 0 Å². The highest BCUT2D eigenvalue weighted by Gasteiger charge is 2.17. The minimum Gasteiger partial charge on any atom is -0.497 e. The number of methoxy groups -OCH3 is 1. The Morgan fingerprint density at radius 3 is 2.21 bits per heavy atom. The quantitative estimate of drug-likeness (QED) is 0.562. The minimum atomic E-state index is -0.739. The summed E-state index contributed by atoms with van der Waals surface area (Å²) in [5.41, 5.74) is 3.06. The third kappa shape index (κ3) is 7.11. The topological polar surface area (TPSA) is 64.6 Å². The van der Waals surface area contributed by atoms with Gasteiger partial charge in [0.2, 0.25) is 5.91 Å². The highest BCUT2D eigenvalue weighted by atomic mass is 16.5. The molecule has 0 unspecified atom stereocenters. The molecule has 5 nitrogen and oxygen atoms in total. The van der Waals surface area contributed by atoms with E-state index in [0.717, 1.165) is 16.9 Å². The molecule has 0 fully saturated rings. The van der Waals surface area contributed by atoms with Gasteiger partial charge in [-0.2, -0.15) is 0 Å². The fraction of sp³-hybridized carbons (Fsp3) is 0.333. The van der Waals surface area contributed by atoms with Crippen molar-refractivity contribution in [3.8, 4) is 5.75 Å². The SMILES string of the molecule is COc1ccc(/C=C/C(=O)N[C@@H](C)C(=O)OCc2ccc(C(C)(C)C)cc2)cc1. The van der Waals surface area contributed by atoms with Gasteiger partial charge in [-0.25, -0.2) is 4.79 Å². The van der Waals surface area contributed by atoms with Crippen molar-refractivity contribution < 1.29 is 19.1 Å². The predicted octanol–water partition coefficient (Wildman–Crippen LogP) is 4.25. The van der Waals surface area contributed by atoms with Crippen LogP contribution in [0.15, 0.2) is 54.6 Å². The summed E-state index contributed by atoms with van der Waals surface area (Å²) in [6, 6.07) is 14.5. The molecule has 0 aliphatic rings. The van der Waals surface area contributed by atoms with Gasteiger partial charge in [0.25, 0.3) is 0 Å². The van der Waals surface area contributed by atoms with Gasteiger partial charge in [0.1, 0.15) is 18.4 Å². The van der Waals surface area contributed by atoms with Gasteiger partial charge in [-0.1, -0.05) is 57.2 Å². The number of rotatable bonds is 7. The first-order valence-corrected chi connectivity index (χ1v) is 9.58. The smallest absolute Gasteiger partial charge is 0.328 e. The van der Waals surface area contributed by atoms with Gasteiger partial charge in [-0.15, -0.1) is 0 Å². The molecule has 0 radical (unpaired) electrons. The zero-order valence-corrected chi connectivity index (χ0v) is 17.7. The number of carbonyl (C=O) groups excluding carboxylic acids is 2. The molecule has 154 valence electrons. The van der Waals surface area contributed by atoms with E-state index in [1.54, 1.807) is 20.1 Å². The van der Waals surface area contributed by atoms with E-state index in [2.05, 4.69) is 26.1 Å². The lowest BCUT2D eigenvalue weighted by Crippen LogP contribution is -2.38. The maximum atomic E-state index is 12.1. The monoisotopic (exact) mass is 395 g/mol. The second kappa shape index (κ2) is 9.92. The second-order valence-electron chi connectivity index (χ2n) is 7.89. The Morgan fingerprint density at radius 2 is 1.66 bits per heavy atom. The van der Waals surface area contributed by atoms with Crippen LogP contribution in [-0.2, 0) is 26.3 Å². The molecule has 0 heterocycles. The number of esters is 1. The Morgan fingerprint density at radius 1 is 1.03 bits per heavy atom. The summed E-state index contributed by atoms with van der Waals surface area (Å²) in [5.74, 6) is -0.0908. The van der Waals surface area contributed by atoms with Crippen molar-refractivity contribution in [2.75, 3.05) is 7.11 Å². The van der Waals surface area contributed by atoms with Gasteiger partial charge in [0.15, 0.2) is 0 Å². The zero-order chi connectivity index (χ0) is 21.4. The zero-order valence-electron chi connectivity index (χ0n) is 17.7. The Balaban J connectivity index is 1.81. The average molecular weight is 395 g/mol. The highest BCUT2D eigenvalue weighted by molar-refractivity contribution is 5.94. The molecule has 29 heavy (non-hydrogen) atoms. The summed E-state index contributed by atoms with van der Waals surface area (Å²) in [4.78, 5) is 24.2. The average Bonchev–Trinajstić information content (AvgIpc) is 2.70. The largest absolute Gasteiger partial charge is 0.497 e. The van der Waals surface area contributed by atoms with Crippen LogP contribution in [0.5, 0.6) is 5.75 Å². The van der Waals surface area contributed by atoms with Crippen LogP contribution in [-0.4, -0.2) is 25.0 Å². The van der Waals surface area contributed by atoms with Crippen molar-refractivity contribution in [1.82, 2.24) is 5.32 Å². The predicted molar refractivity (Wildman–Crippen MR) is 115 cm³/mol. The van der Waals surface area contributed by atoms with Crippen LogP contribution in [0.25, 0.3) is 6.08 Å². The third-order valence-electron chi connectivity index (χ3n) is 4.46. The molecule has 1 atom stereocenters. The number of carbonyl (C=O) groups is 2. The second-order valence-corrected chi connectivity index (χ2v) is 7.89. The summed E-state index contributed by atoms with van der Waals surface area (Å²) < 4.78 is 10.4. The van der Waals surface area contributed by atoms with Crippen LogP contribution in [0, 0.1) is 0 Å². The van der Waals surface area contributed by atoms with Gasteiger partial charge >= 0.3 is 5.97 Å². The molecule has 0 bridgehead atoms. The lowest BCUT2D eigenvalue weighted by Gasteiger charge is -2.19. The van der Waals surface area contributed by atoms with E-state index in [9.17, 15) is 9.59 Å². The maximum Gasteiger partial charge on any atom is 0.328 e. The summed E-state index contributed by atoms with van der Waals surface area (Å²) in [5, 5.41) is 2.61. The summed E-state index contributed by atoms with van der Waals surface area (Å²) in [6.45, 7) is 8.22. The summed E-state index contributed by atoms with van der Waals surface area (Å²) in [6.07, 6.45) is 3.06. The van der Waals surface area contributed by atoms with Crippen molar-refractivity contribution >= 4 is 18.0 Å². The standard InChI is InChI=1S/C24H29NO4/c1-17(25-22(26)15-10-18-8-13-21(28-5)14-9-18)23(27)29-16-19-6-11-20(12-7-19)24(2,3)4/h6-15,17H,16H2,1-5H3,(H,25,26)/b15-10+/t17-/m0/s1. The molecule has 5 heteroatoms. The lowest BCUT2D eigenvalue weighted by atomic mass is 9.87. The Kier molecular flexibility index (Phi) is 7.59. The molecule has 0 saturated heterocycles. The van der Waals surface area contributed by atoms with Crippen molar-refractivity contribution in [2.24, 2.45) is 0 Å². The van der Waals surface area contributed by atoms with Crippen LogP contribution >= 0.6 is 0 Å².